The number of benzene rings is 1. The molecule has 0 saturated carbocycles. The summed E-state index contributed by atoms with van der Waals surface area (Å²) < 4.78 is 10.5. The van der Waals surface area contributed by atoms with Gasteiger partial charge in [0.25, 0.3) is 0 Å². The smallest absolute Gasteiger partial charge is 0.338 e. The summed E-state index contributed by atoms with van der Waals surface area (Å²) in [5.41, 5.74) is -0.511. The highest BCUT2D eigenvalue weighted by Gasteiger charge is 2.45. The second-order valence-electron chi connectivity index (χ2n) is 8.00. The molecule has 1 unspecified atom stereocenters. The Balaban J connectivity index is 2.54. The van der Waals surface area contributed by atoms with Crippen LogP contribution in [-0.2, 0) is 14.3 Å². The van der Waals surface area contributed by atoms with E-state index in [-0.39, 0.29) is 30.3 Å². The Kier molecular flexibility index (Phi) is 7.03. The molecule has 1 aromatic carbocycles. The highest BCUT2D eigenvalue weighted by atomic mass is 16.6. The molecule has 25 heavy (non-hydrogen) atoms. The zero-order valence-corrected chi connectivity index (χ0v) is 16.1. The SMILES string of the molecule is CC(C)CC(C)(C(=O)OCCOC(=O)c1ccc(O)cc1)C(C)(C)C. The van der Waals surface area contributed by atoms with Crippen LogP contribution in [0.15, 0.2) is 24.3 Å². The van der Waals surface area contributed by atoms with E-state index in [1.807, 2.05) is 27.7 Å². The van der Waals surface area contributed by atoms with Gasteiger partial charge in [-0.3, -0.25) is 4.79 Å². The molecule has 0 aliphatic heterocycles. The van der Waals surface area contributed by atoms with Gasteiger partial charge in [-0.05, 0) is 48.9 Å². The van der Waals surface area contributed by atoms with Gasteiger partial charge in [0.2, 0.25) is 0 Å². The average Bonchev–Trinajstić information content (AvgIpc) is 2.49. The van der Waals surface area contributed by atoms with Crippen molar-refractivity contribution >= 4 is 11.9 Å². The van der Waals surface area contributed by atoms with E-state index >= 15 is 0 Å². The summed E-state index contributed by atoms with van der Waals surface area (Å²) in [4.78, 5) is 24.5. The molecule has 0 aliphatic rings. The Bertz CT molecular complexity index is 583. The minimum absolute atomic E-state index is 0.00660. The summed E-state index contributed by atoms with van der Waals surface area (Å²) in [5.74, 6) is -0.340. The summed E-state index contributed by atoms with van der Waals surface area (Å²) in [6.07, 6.45) is 0.725. The predicted molar refractivity (Wildman–Crippen MR) is 96.4 cm³/mol. The number of carbonyl (C=O) groups is 2. The highest BCUT2D eigenvalue weighted by molar-refractivity contribution is 5.89. The molecule has 0 bridgehead atoms. The molecule has 0 amide bonds. The molecule has 5 heteroatoms. The molecule has 0 aromatic heterocycles. The quantitative estimate of drug-likeness (QED) is 0.589. The number of phenolic OH excluding ortho intramolecular Hbond substituents is 1. The maximum atomic E-state index is 12.6. The standard InChI is InChI=1S/C20H30O5/c1-14(2)13-20(6,19(3,4)5)18(23)25-12-11-24-17(22)15-7-9-16(21)10-8-15/h7-10,14,21H,11-13H2,1-6H3. The van der Waals surface area contributed by atoms with Crippen molar-refractivity contribution in [3.63, 3.8) is 0 Å². The molecule has 0 aliphatic carbocycles. The lowest BCUT2D eigenvalue weighted by atomic mass is 9.64. The molecule has 0 radical (unpaired) electrons. The Morgan fingerprint density at radius 3 is 2.00 bits per heavy atom. The molecule has 0 saturated heterocycles. The molecule has 0 spiro atoms. The van der Waals surface area contributed by atoms with Gasteiger partial charge in [-0.1, -0.05) is 34.6 Å². The first-order chi connectivity index (χ1) is 11.5. The first-order valence-corrected chi connectivity index (χ1v) is 8.61. The van der Waals surface area contributed by atoms with Gasteiger partial charge in [-0.25, -0.2) is 4.79 Å². The van der Waals surface area contributed by atoms with Crippen LogP contribution in [0.5, 0.6) is 5.75 Å². The minimum atomic E-state index is -0.609. The fourth-order valence-electron chi connectivity index (χ4n) is 2.62. The lowest BCUT2D eigenvalue weighted by molar-refractivity contribution is -0.164. The van der Waals surface area contributed by atoms with Crippen molar-refractivity contribution < 1.29 is 24.2 Å². The van der Waals surface area contributed by atoms with Crippen LogP contribution < -0.4 is 0 Å². The minimum Gasteiger partial charge on any atom is -0.508 e. The van der Waals surface area contributed by atoms with Gasteiger partial charge in [-0.2, -0.15) is 0 Å². The number of rotatable bonds is 7. The molecular weight excluding hydrogens is 320 g/mol. The van der Waals surface area contributed by atoms with Crippen LogP contribution >= 0.6 is 0 Å². The second-order valence-corrected chi connectivity index (χ2v) is 8.00. The van der Waals surface area contributed by atoms with Gasteiger partial charge >= 0.3 is 11.9 Å². The predicted octanol–water partition coefficient (Wildman–Crippen LogP) is 4.19. The molecule has 0 heterocycles. The fraction of sp³-hybridized carbons (Fsp3) is 0.600. The number of ether oxygens (including phenoxy) is 2. The van der Waals surface area contributed by atoms with Crippen molar-refractivity contribution in [1.82, 2.24) is 0 Å². The van der Waals surface area contributed by atoms with Crippen molar-refractivity contribution in [1.29, 1.82) is 0 Å². The highest BCUT2D eigenvalue weighted by Crippen LogP contribution is 2.44. The third-order valence-corrected chi connectivity index (χ3v) is 4.58. The van der Waals surface area contributed by atoms with Crippen LogP contribution in [0.4, 0.5) is 0 Å². The molecule has 1 aromatic rings. The molecule has 1 N–H and O–H groups in total. The van der Waals surface area contributed by atoms with Crippen LogP contribution in [0, 0.1) is 16.7 Å². The van der Waals surface area contributed by atoms with Gasteiger partial charge < -0.3 is 14.6 Å². The zero-order chi connectivity index (χ0) is 19.3. The molecule has 140 valence electrons. The average molecular weight is 350 g/mol. The van der Waals surface area contributed by atoms with Crippen molar-refractivity contribution in [2.45, 2.75) is 48.0 Å². The Labute approximate surface area is 150 Å². The molecular formula is C20H30O5. The van der Waals surface area contributed by atoms with E-state index in [0.29, 0.717) is 11.5 Å². The van der Waals surface area contributed by atoms with E-state index in [1.165, 1.54) is 24.3 Å². The lowest BCUT2D eigenvalue weighted by Crippen LogP contribution is -2.43. The van der Waals surface area contributed by atoms with Crippen molar-refractivity contribution in [2.24, 2.45) is 16.7 Å². The van der Waals surface area contributed by atoms with Gasteiger partial charge in [0.15, 0.2) is 0 Å². The zero-order valence-electron chi connectivity index (χ0n) is 16.1. The van der Waals surface area contributed by atoms with Crippen molar-refractivity contribution in [3.05, 3.63) is 29.8 Å². The van der Waals surface area contributed by atoms with Gasteiger partial charge in [0.1, 0.15) is 19.0 Å². The largest absolute Gasteiger partial charge is 0.508 e. The van der Waals surface area contributed by atoms with E-state index in [4.69, 9.17) is 9.47 Å². The second kappa shape index (κ2) is 8.37. The maximum Gasteiger partial charge on any atom is 0.338 e. The van der Waals surface area contributed by atoms with Crippen molar-refractivity contribution in [2.75, 3.05) is 13.2 Å². The van der Waals surface area contributed by atoms with Crippen LogP contribution in [-0.4, -0.2) is 30.3 Å². The maximum absolute atomic E-state index is 12.6. The van der Waals surface area contributed by atoms with E-state index in [9.17, 15) is 14.7 Å². The summed E-state index contributed by atoms with van der Waals surface area (Å²) in [6.45, 7) is 12.2. The lowest BCUT2D eigenvalue weighted by Gasteiger charge is -2.40. The summed E-state index contributed by atoms with van der Waals surface area (Å²) in [5, 5.41) is 9.21. The van der Waals surface area contributed by atoms with E-state index in [2.05, 4.69) is 13.8 Å². The number of carbonyl (C=O) groups excluding carboxylic acids is 2. The number of esters is 2. The van der Waals surface area contributed by atoms with Crippen LogP contribution in [0.1, 0.15) is 58.3 Å². The molecule has 1 atom stereocenters. The normalized spacial score (nSPS) is 14.0. The molecule has 5 nitrogen and oxygen atoms in total. The van der Waals surface area contributed by atoms with Crippen LogP contribution in [0.3, 0.4) is 0 Å². The monoisotopic (exact) mass is 350 g/mol. The summed E-state index contributed by atoms with van der Waals surface area (Å²) >= 11 is 0. The third kappa shape index (κ3) is 5.76. The third-order valence-electron chi connectivity index (χ3n) is 4.58. The topological polar surface area (TPSA) is 72.8 Å². The van der Waals surface area contributed by atoms with Gasteiger partial charge in [0, 0.05) is 0 Å². The number of hydrogen-bond donors (Lipinski definition) is 1. The summed E-state index contributed by atoms with van der Waals surface area (Å²) in [6, 6.07) is 5.78. The van der Waals surface area contributed by atoms with Gasteiger partial charge in [0.05, 0.1) is 11.0 Å². The van der Waals surface area contributed by atoms with E-state index < -0.39 is 11.4 Å². The van der Waals surface area contributed by atoms with Crippen LogP contribution in [0.25, 0.3) is 0 Å². The number of phenols is 1. The van der Waals surface area contributed by atoms with E-state index in [0.717, 1.165) is 6.42 Å². The Morgan fingerprint density at radius 2 is 1.52 bits per heavy atom. The fourth-order valence-corrected chi connectivity index (χ4v) is 2.62. The Morgan fingerprint density at radius 1 is 1.00 bits per heavy atom. The first-order valence-electron chi connectivity index (χ1n) is 8.61. The summed E-state index contributed by atoms with van der Waals surface area (Å²) in [7, 11) is 0. The Hall–Kier alpha value is -2.04. The van der Waals surface area contributed by atoms with Crippen molar-refractivity contribution in [3.8, 4) is 5.75 Å². The van der Waals surface area contributed by atoms with Gasteiger partial charge in [-0.15, -0.1) is 0 Å². The molecule has 0 fully saturated rings. The number of hydrogen-bond acceptors (Lipinski definition) is 5. The van der Waals surface area contributed by atoms with E-state index in [1.54, 1.807) is 0 Å². The van der Waals surface area contributed by atoms with Crippen LogP contribution in [0.2, 0.25) is 0 Å². The number of aromatic hydroxyl groups is 1. The first kappa shape index (κ1) is 21.0. The molecule has 1 rings (SSSR count).